The van der Waals surface area contributed by atoms with Gasteiger partial charge in [-0.2, -0.15) is 11.3 Å². The van der Waals surface area contributed by atoms with Gasteiger partial charge in [0, 0.05) is 12.6 Å². The predicted molar refractivity (Wildman–Crippen MR) is 66.7 cm³/mol. The molecule has 2 unspecified atom stereocenters. The third kappa shape index (κ3) is 4.33. The SMILES string of the molecule is COC(=O)C(C)CNC(C)Cc1ccsc1. The van der Waals surface area contributed by atoms with Gasteiger partial charge in [-0.05, 0) is 35.7 Å². The predicted octanol–water partition coefficient (Wildman–Crippen LogP) is 2.08. The second-order valence-corrected chi connectivity index (χ2v) is 4.85. The highest BCUT2D eigenvalue weighted by Gasteiger charge is 2.13. The topological polar surface area (TPSA) is 38.3 Å². The Kier molecular flexibility index (Phi) is 5.49. The van der Waals surface area contributed by atoms with Gasteiger partial charge in [0.1, 0.15) is 0 Å². The molecule has 0 spiro atoms. The van der Waals surface area contributed by atoms with Gasteiger partial charge in [0.25, 0.3) is 0 Å². The van der Waals surface area contributed by atoms with Gasteiger partial charge in [0.05, 0.1) is 13.0 Å². The smallest absolute Gasteiger partial charge is 0.309 e. The van der Waals surface area contributed by atoms with Crippen molar-refractivity contribution in [2.45, 2.75) is 26.3 Å². The molecule has 16 heavy (non-hydrogen) atoms. The maximum absolute atomic E-state index is 11.2. The first-order valence-corrected chi connectivity index (χ1v) is 6.40. The number of methoxy groups -OCH3 is 1. The van der Waals surface area contributed by atoms with E-state index in [0.717, 1.165) is 6.42 Å². The van der Waals surface area contributed by atoms with E-state index in [1.807, 2.05) is 6.92 Å². The van der Waals surface area contributed by atoms with Gasteiger partial charge in [-0.15, -0.1) is 0 Å². The second kappa shape index (κ2) is 6.66. The number of carbonyl (C=O) groups is 1. The van der Waals surface area contributed by atoms with E-state index in [9.17, 15) is 4.79 Å². The zero-order valence-electron chi connectivity index (χ0n) is 10.0. The molecule has 0 saturated heterocycles. The summed E-state index contributed by atoms with van der Waals surface area (Å²) in [4.78, 5) is 11.2. The van der Waals surface area contributed by atoms with Crippen molar-refractivity contribution in [1.82, 2.24) is 5.32 Å². The average Bonchev–Trinajstić information content (AvgIpc) is 2.77. The van der Waals surface area contributed by atoms with Crippen LogP contribution in [-0.4, -0.2) is 25.7 Å². The van der Waals surface area contributed by atoms with Crippen LogP contribution < -0.4 is 5.32 Å². The van der Waals surface area contributed by atoms with E-state index in [0.29, 0.717) is 12.6 Å². The second-order valence-electron chi connectivity index (χ2n) is 4.07. The van der Waals surface area contributed by atoms with Gasteiger partial charge in [-0.25, -0.2) is 0 Å². The lowest BCUT2D eigenvalue weighted by Gasteiger charge is -2.15. The molecule has 1 rings (SSSR count). The molecule has 0 saturated carbocycles. The highest BCUT2D eigenvalue weighted by molar-refractivity contribution is 7.07. The number of thiophene rings is 1. The quantitative estimate of drug-likeness (QED) is 0.775. The fraction of sp³-hybridized carbons (Fsp3) is 0.583. The number of nitrogens with one attached hydrogen (secondary N) is 1. The Balaban J connectivity index is 2.24. The molecule has 0 aliphatic carbocycles. The van der Waals surface area contributed by atoms with E-state index in [-0.39, 0.29) is 11.9 Å². The Hall–Kier alpha value is -0.870. The summed E-state index contributed by atoms with van der Waals surface area (Å²) in [7, 11) is 1.42. The van der Waals surface area contributed by atoms with Crippen LogP contribution in [0.3, 0.4) is 0 Å². The van der Waals surface area contributed by atoms with E-state index in [2.05, 4.69) is 33.8 Å². The maximum Gasteiger partial charge on any atom is 0.309 e. The Morgan fingerprint density at radius 1 is 1.56 bits per heavy atom. The summed E-state index contributed by atoms with van der Waals surface area (Å²) >= 11 is 1.71. The van der Waals surface area contributed by atoms with E-state index in [1.54, 1.807) is 11.3 Å². The number of hydrogen-bond acceptors (Lipinski definition) is 4. The van der Waals surface area contributed by atoms with Crippen LogP contribution in [0.25, 0.3) is 0 Å². The molecule has 1 heterocycles. The monoisotopic (exact) mass is 241 g/mol. The molecule has 3 nitrogen and oxygen atoms in total. The number of hydrogen-bond donors (Lipinski definition) is 1. The minimum Gasteiger partial charge on any atom is -0.469 e. The summed E-state index contributed by atoms with van der Waals surface area (Å²) < 4.78 is 4.67. The van der Waals surface area contributed by atoms with Gasteiger partial charge in [-0.1, -0.05) is 6.92 Å². The summed E-state index contributed by atoms with van der Waals surface area (Å²) in [5.74, 6) is -0.245. The summed E-state index contributed by atoms with van der Waals surface area (Å²) in [5.41, 5.74) is 1.34. The van der Waals surface area contributed by atoms with Crippen LogP contribution in [0.2, 0.25) is 0 Å². The first-order chi connectivity index (χ1) is 7.63. The van der Waals surface area contributed by atoms with Crippen molar-refractivity contribution in [3.63, 3.8) is 0 Å². The van der Waals surface area contributed by atoms with Gasteiger partial charge in [-0.3, -0.25) is 4.79 Å². The molecule has 1 aromatic rings. The number of esters is 1. The fourth-order valence-electron chi connectivity index (χ4n) is 1.50. The lowest BCUT2D eigenvalue weighted by Crippen LogP contribution is -2.34. The Labute approximate surface area is 101 Å². The van der Waals surface area contributed by atoms with Gasteiger partial charge in [0.2, 0.25) is 0 Å². The molecular formula is C12H19NO2S. The van der Waals surface area contributed by atoms with Crippen LogP contribution in [0, 0.1) is 5.92 Å². The van der Waals surface area contributed by atoms with Crippen LogP contribution in [0.15, 0.2) is 16.8 Å². The van der Waals surface area contributed by atoms with Crippen LogP contribution in [-0.2, 0) is 16.0 Å². The van der Waals surface area contributed by atoms with Gasteiger partial charge < -0.3 is 10.1 Å². The molecule has 0 radical (unpaired) electrons. The van der Waals surface area contributed by atoms with Crippen LogP contribution in [0.1, 0.15) is 19.4 Å². The molecule has 0 aromatic carbocycles. The van der Waals surface area contributed by atoms with Crippen molar-refractivity contribution in [2.24, 2.45) is 5.92 Å². The molecule has 0 aliphatic heterocycles. The molecule has 0 amide bonds. The van der Waals surface area contributed by atoms with Crippen molar-refractivity contribution in [1.29, 1.82) is 0 Å². The molecule has 0 fully saturated rings. The molecule has 1 N–H and O–H groups in total. The zero-order valence-corrected chi connectivity index (χ0v) is 10.8. The van der Waals surface area contributed by atoms with E-state index in [4.69, 9.17) is 0 Å². The number of rotatable bonds is 6. The van der Waals surface area contributed by atoms with Crippen molar-refractivity contribution >= 4 is 17.3 Å². The van der Waals surface area contributed by atoms with Crippen LogP contribution in [0.4, 0.5) is 0 Å². The first kappa shape index (κ1) is 13.2. The molecule has 0 aliphatic rings. The normalized spacial score (nSPS) is 14.4. The van der Waals surface area contributed by atoms with Crippen molar-refractivity contribution in [3.05, 3.63) is 22.4 Å². The molecule has 90 valence electrons. The molecule has 4 heteroatoms. The van der Waals surface area contributed by atoms with Crippen molar-refractivity contribution in [2.75, 3.05) is 13.7 Å². The largest absolute Gasteiger partial charge is 0.469 e. The number of ether oxygens (including phenoxy) is 1. The maximum atomic E-state index is 11.2. The summed E-state index contributed by atoms with van der Waals surface area (Å²) in [6.07, 6.45) is 0.997. The summed E-state index contributed by atoms with van der Waals surface area (Å²) in [5, 5.41) is 7.58. The number of carbonyl (C=O) groups excluding carboxylic acids is 1. The van der Waals surface area contributed by atoms with Crippen molar-refractivity contribution in [3.8, 4) is 0 Å². The Bertz CT molecular complexity index is 311. The third-order valence-electron chi connectivity index (χ3n) is 2.50. The van der Waals surface area contributed by atoms with Crippen LogP contribution in [0.5, 0.6) is 0 Å². The zero-order chi connectivity index (χ0) is 12.0. The standard InChI is InChI=1S/C12H19NO2S/c1-9(12(14)15-3)7-13-10(2)6-11-4-5-16-8-11/h4-5,8-10,13H,6-7H2,1-3H3. The third-order valence-corrected chi connectivity index (χ3v) is 3.23. The van der Waals surface area contributed by atoms with Gasteiger partial charge >= 0.3 is 5.97 Å². The fourth-order valence-corrected chi connectivity index (χ4v) is 2.18. The van der Waals surface area contributed by atoms with Crippen LogP contribution >= 0.6 is 11.3 Å². The Morgan fingerprint density at radius 2 is 2.31 bits per heavy atom. The van der Waals surface area contributed by atoms with E-state index in [1.165, 1.54) is 12.7 Å². The molecule has 0 bridgehead atoms. The highest BCUT2D eigenvalue weighted by Crippen LogP contribution is 2.08. The van der Waals surface area contributed by atoms with Crippen molar-refractivity contribution < 1.29 is 9.53 Å². The highest BCUT2D eigenvalue weighted by atomic mass is 32.1. The molecule has 2 atom stereocenters. The molecular weight excluding hydrogens is 222 g/mol. The molecule has 1 aromatic heterocycles. The lowest BCUT2D eigenvalue weighted by atomic mass is 10.1. The minimum absolute atomic E-state index is 0.0880. The summed E-state index contributed by atoms with van der Waals surface area (Å²) in [6.45, 7) is 4.66. The Morgan fingerprint density at radius 3 is 2.88 bits per heavy atom. The van der Waals surface area contributed by atoms with E-state index >= 15 is 0 Å². The summed E-state index contributed by atoms with van der Waals surface area (Å²) in [6, 6.07) is 2.51. The van der Waals surface area contributed by atoms with Gasteiger partial charge in [0.15, 0.2) is 0 Å². The lowest BCUT2D eigenvalue weighted by molar-refractivity contribution is -0.144. The first-order valence-electron chi connectivity index (χ1n) is 5.45. The van der Waals surface area contributed by atoms with E-state index < -0.39 is 0 Å². The minimum atomic E-state index is -0.157. The average molecular weight is 241 g/mol.